The lowest BCUT2D eigenvalue weighted by Gasteiger charge is -2.13. The van der Waals surface area contributed by atoms with Crippen molar-refractivity contribution in [2.75, 3.05) is 46.7 Å². The first-order valence-electron chi connectivity index (χ1n) is 10.9. The van der Waals surface area contributed by atoms with Gasteiger partial charge in [0.15, 0.2) is 0 Å². The van der Waals surface area contributed by atoms with Crippen LogP contribution in [0.4, 0.5) is 11.4 Å². The standard InChI is InChI=1S/C24H26N4O2S4/c1-15-11-17(3-5-19(15)27-21(29)13-33-23-25-7-9-31-23)18-4-6-20(16(2)12-18)28-22(30)14-34-24-26-8-10-32-24/h3-6,11-12H,7-10,13-14H2,1-2H3,(H,27,29)(H,28,30). The van der Waals surface area contributed by atoms with Gasteiger partial charge < -0.3 is 10.6 Å². The predicted molar refractivity (Wildman–Crippen MR) is 153 cm³/mol. The van der Waals surface area contributed by atoms with Gasteiger partial charge in [-0.25, -0.2) is 0 Å². The molecule has 2 aliphatic heterocycles. The molecule has 0 atom stereocenters. The zero-order valence-corrected chi connectivity index (χ0v) is 22.3. The fourth-order valence-corrected chi connectivity index (χ4v) is 7.02. The molecule has 0 spiro atoms. The van der Waals surface area contributed by atoms with Gasteiger partial charge in [-0.2, -0.15) is 0 Å². The molecule has 2 aromatic carbocycles. The summed E-state index contributed by atoms with van der Waals surface area (Å²) in [4.78, 5) is 33.4. The predicted octanol–water partition coefficient (Wildman–Crippen LogP) is 5.52. The first-order valence-corrected chi connectivity index (χ1v) is 14.8. The normalized spacial score (nSPS) is 15.1. The Morgan fingerprint density at radius 3 is 1.59 bits per heavy atom. The molecule has 0 radical (unpaired) electrons. The van der Waals surface area contributed by atoms with Crippen molar-refractivity contribution in [1.82, 2.24) is 0 Å². The molecule has 0 unspecified atom stereocenters. The smallest absolute Gasteiger partial charge is 0.234 e. The van der Waals surface area contributed by atoms with Gasteiger partial charge in [-0.15, -0.1) is 0 Å². The number of amides is 2. The van der Waals surface area contributed by atoms with Crippen LogP contribution >= 0.6 is 47.0 Å². The average molecular weight is 531 g/mol. The molecular formula is C24H26N4O2S4. The van der Waals surface area contributed by atoms with Crippen molar-refractivity contribution in [1.29, 1.82) is 0 Å². The molecule has 2 aliphatic rings. The van der Waals surface area contributed by atoms with Crippen molar-refractivity contribution in [3.63, 3.8) is 0 Å². The number of anilines is 2. The highest BCUT2D eigenvalue weighted by atomic mass is 32.2. The number of carbonyl (C=O) groups excluding carboxylic acids is 2. The van der Waals surface area contributed by atoms with Crippen LogP contribution in [0.3, 0.4) is 0 Å². The molecule has 0 aliphatic carbocycles. The zero-order chi connectivity index (χ0) is 23.9. The lowest BCUT2D eigenvalue weighted by molar-refractivity contribution is -0.114. The monoisotopic (exact) mass is 530 g/mol. The van der Waals surface area contributed by atoms with E-state index in [1.54, 1.807) is 23.5 Å². The van der Waals surface area contributed by atoms with Crippen molar-refractivity contribution in [2.45, 2.75) is 13.8 Å². The van der Waals surface area contributed by atoms with Crippen LogP contribution in [0.2, 0.25) is 0 Å². The summed E-state index contributed by atoms with van der Waals surface area (Å²) in [6.07, 6.45) is 0. The Bertz CT molecular complexity index is 1060. The van der Waals surface area contributed by atoms with Gasteiger partial charge in [-0.05, 0) is 60.4 Å². The number of rotatable bonds is 7. The lowest BCUT2D eigenvalue weighted by atomic mass is 10.00. The molecule has 0 fully saturated rings. The fraction of sp³-hybridized carbons (Fsp3) is 0.333. The molecule has 2 aromatic rings. The van der Waals surface area contributed by atoms with E-state index in [-0.39, 0.29) is 11.8 Å². The highest BCUT2D eigenvalue weighted by molar-refractivity contribution is 8.39. The number of hydrogen-bond acceptors (Lipinski definition) is 8. The summed E-state index contributed by atoms with van der Waals surface area (Å²) in [6.45, 7) is 5.68. The highest BCUT2D eigenvalue weighted by Crippen LogP contribution is 2.29. The molecule has 0 bridgehead atoms. The number of hydrogen-bond donors (Lipinski definition) is 2. The van der Waals surface area contributed by atoms with Gasteiger partial charge in [-0.1, -0.05) is 59.2 Å². The number of benzene rings is 2. The number of thioether (sulfide) groups is 4. The molecule has 6 nitrogen and oxygen atoms in total. The van der Waals surface area contributed by atoms with Gasteiger partial charge in [0.05, 0.1) is 24.6 Å². The number of aliphatic imine (C=N–C) groups is 2. The van der Waals surface area contributed by atoms with E-state index in [9.17, 15) is 9.59 Å². The quantitative estimate of drug-likeness (QED) is 0.491. The van der Waals surface area contributed by atoms with Crippen molar-refractivity contribution in [3.05, 3.63) is 47.5 Å². The average Bonchev–Trinajstić information content (AvgIpc) is 3.53. The summed E-state index contributed by atoms with van der Waals surface area (Å²) in [5, 5.41) is 6.01. The summed E-state index contributed by atoms with van der Waals surface area (Å²) in [6, 6.07) is 12.1. The third-order valence-corrected chi connectivity index (χ3v) is 9.61. The summed E-state index contributed by atoms with van der Waals surface area (Å²) in [7, 11) is 0. The lowest BCUT2D eigenvalue weighted by Crippen LogP contribution is -2.15. The van der Waals surface area contributed by atoms with E-state index in [0.717, 1.165) is 67.0 Å². The summed E-state index contributed by atoms with van der Waals surface area (Å²) >= 11 is 6.41. The van der Waals surface area contributed by atoms with E-state index in [4.69, 9.17) is 0 Å². The van der Waals surface area contributed by atoms with Gasteiger partial charge >= 0.3 is 0 Å². The summed E-state index contributed by atoms with van der Waals surface area (Å²) in [5.74, 6) is 2.69. The van der Waals surface area contributed by atoms with E-state index < -0.39 is 0 Å². The molecule has 4 rings (SSSR count). The van der Waals surface area contributed by atoms with Crippen LogP contribution in [0.1, 0.15) is 11.1 Å². The van der Waals surface area contributed by atoms with Crippen molar-refractivity contribution < 1.29 is 9.59 Å². The maximum atomic E-state index is 12.3. The minimum Gasteiger partial charge on any atom is -0.325 e. The van der Waals surface area contributed by atoms with Crippen molar-refractivity contribution >= 4 is 79.0 Å². The Hall–Kier alpha value is -1.88. The number of nitrogens with zero attached hydrogens (tertiary/aromatic N) is 2. The Balaban J connectivity index is 1.34. The minimum absolute atomic E-state index is 0.0243. The number of nitrogens with one attached hydrogen (secondary N) is 2. The van der Waals surface area contributed by atoms with E-state index in [2.05, 4.69) is 32.8 Å². The number of aryl methyl sites for hydroxylation is 2. The molecular weight excluding hydrogens is 505 g/mol. The Kier molecular flexibility index (Phi) is 9.04. The van der Waals surface area contributed by atoms with Crippen LogP contribution in [0.15, 0.2) is 46.4 Å². The maximum Gasteiger partial charge on any atom is 0.234 e. The zero-order valence-electron chi connectivity index (χ0n) is 19.1. The van der Waals surface area contributed by atoms with Gasteiger partial charge in [0.1, 0.15) is 8.75 Å². The second-order valence-electron chi connectivity index (χ2n) is 7.73. The van der Waals surface area contributed by atoms with E-state index in [1.165, 1.54) is 23.5 Å². The molecule has 2 amide bonds. The van der Waals surface area contributed by atoms with Crippen molar-refractivity contribution in [3.8, 4) is 11.1 Å². The molecule has 0 saturated heterocycles. The van der Waals surface area contributed by atoms with Crippen LogP contribution in [-0.2, 0) is 9.59 Å². The molecule has 0 aromatic heterocycles. The first-order chi connectivity index (χ1) is 16.5. The summed E-state index contributed by atoms with van der Waals surface area (Å²) in [5.41, 5.74) is 5.77. The largest absolute Gasteiger partial charge is 0.325 e. The topological polar surface area (TPSA) is 82.9 Å². The molecule has 0 saturated carbocycles. The molecule has 34 heavy (non-hydrogen) atoms. The molecule has 178 valence electrons. The fourth-order valence-electron chi connectivity index (χ4n) is 3.40. The minimum atomic E-state index is -0.0243. The molecule has 2 heterocycles. The molecule has 10 heteroatoms. The SMILES string of the molecule is Cc1cc(-c2ccc(NC(=O)CSC3=NCCS3)c(C)c2)ccc1NC(=O)CSC1=NCCS1. The first kappa shape index (κ1) is 25.2. The van der Waals surface area contributed by atoms with Crippen LogP contribution in [0, 0.1) is 13.8 Å². The van der Waals surface area contributed by atoms with Crippen LogP contribution in [0.5, 0.6) is 0 Å². The van der Waals surface area contributed by atoms with Gasteiger partial charge in [0, 0.05) is 22.9 Å². The third-order valence-electron chi connectivity index (χ3n) is 5.10. The second kappa shape index (κ2) is 12.2. The Morgan fingerprint density at radius 1 is 0.794 bits per heavy atom. The Labute approximate surface area is 217 Å². The van der Waals surface area contributed by atoms with Crippen LogP contribution < -0.4 is 10.6 Å². The van der Waals surface area contributed by atoms with Gasteiger partial charge in [0.25, 0.3) is 0 Å². The maximum absolute atomic E-state index is 12.3. The summed E-state index contributed by atoms with van der Waals surface area (Å²) < 4.78 is 2.00. The van der Waals surface area contributed by atoms with Crippen LogP contribution in [0.25, 0.3) is 11.1 Å². The van der Waals surface area contributed by atoms with Crippen molar-refractivity contribution in [2.24, 2.45) is 9.98 Å². The Morgan fingerprint density at radius 2 is 1.24 bits per heavy atom. The second-order valence-corrected chi connectivity index (χ2v) is 12.3. The van der Waals surface area contributed by atoms with E-state index in [1.807, 2.05) is 38.1 Å². The van der Waals surface area contributed by atoms with Gasteiger partial charge in [0.2, 0.25) is 11.8 Å². The highest BCUT2D eigenvalue weighted by Gasteiger charge is 2.13. The third kappa shape index (κ3) is 7.07. The van der Waals surface area contributed by atoms with E-state index >= 15 is 0 Å². The van der Waals surface area contributed by atoms with Crippen LogP contribution in [-0.4, -0.2) is 56.7 Å². The van der Waals surface area contributed by atoms with E-state index in [0.29, 0.717) is 11.5 Å². The number of carbonyl (C=O) groups is 2. The van der Waals surface area contributed by atoms with Gasteiger partial charge in [-0.3, -0.25) is 19.6 Å². The molecule has 2 N–H and O–H groups in total.